The van der Waals surface area contributed by atoms with Crippen molar-refractivity contribution < 1.29 is 18.7 Å². The van der Waals surface area contributed by atoms with Crippen molar-refractivity contribution in [2.24, 2.45) is 0 Å². The summed E-state index contributed by atoms with van der Waals surface area (Å²) in [6.07, 6.45) is 2.36. The molecule has 0 spiro atoms. The number of aromatic nitrogens is 1. The minimum atomic E-state index is -0.444. The van der Waals surface area contributed by atoms with Gasteiger partial charge in [0.2, 0.25) is 0 Å². The van der Waals surface area contributed by atoms with Crippen LogP contribution in [0.2, 0.25) is 0 Å². The number of benzene rings is 1. The number of hydrogen-bond acceptors (Lipinski definition) is 5. The van der Waals surface area contributed by atoms with Gasteiger partial charge in [-0.2, -0.15) is 0 Å². The summed E-state index contributed by atoms with van der Waals surface area (Å²) in [6.45, 7) is 3.12. The van der Waals surface area contributed by atoms with Crippen LogP contribution in [0.3, 0.4) is 0 Å². The lowest BCUT2D eigenvalue weighted by Gasteiger charge is -2.29. The number of nitrogens with one attached hydrogen (secondary N) is 1. The van der Waals surface area contributed by atoms with Gasteiger partial charge < -0.3 is 19.7 Å². The zero-order chi connectivity index (χ0) is 18.4. The van der Waals surface area contributed by atoms with Crippen molar-refractivity contribution in [1.29, 1.82) is 0 Å². The number of amides is 1. The topological polar surface area (TPSA) is 63.7 Å². The predicted octanol–water partition coefficient (Wildman–Crippen LogP) is 2.50. The highest BCUT2D eigenvalue weighted by molar-refractivity contribution is 6.04. The van der Waals surface area contributed by atoms with Crippen molar-refractivity contribution in [3.63, 3.8) is 0 Å². The Hall–Kier alpha value is -2.51. The molecule has 3 rings (SSSR count). The van der Waals surface area contributed by atoms with Gasteiger partial charge in [0.15, 0.2) is 0 Å². The third-order valence-electron chi connectivity index (χ3n) is 4.18. The number of methoxy groups -OCH3 is 1. The van der Waals surface area contributed by atoms with Gasteiger partial charge in [-0.3, -0.25) is 4.79 Å². The number of nitrogens with zero attached hydrogens (tertiary/aromatic N) is 2. The summed E-state index contributed by atoms with van der Waals surface area (Å²) >= 11 is 0. The lowest BCUT2D eigenvalue weighted by Crippen LogP contribution is -2.36. The first kappa shape index (κ1) is 18.3. The number of carbonyl (C=O) groups is 1. The summed E-state index contributed by atoms with van der Waals surface area (Å²) < 4.78 is 24.4. The van der Waals surface area contributed by atoms with E-state index in [9.17, 15) is 9.18 Å². The molecule has 138 valence electrons. The minimum absolute atomic E-state index is 0.260. The second-order valence-electron chi connectivity index (χ2n) is 6.04. The van der Waals surface area contributed by atoms with E-state index in [-0.39, 0.29) is 5.56 Å². The fraction of sp³-hybridized carbons (Fsp3) is 0.368. The lowest BCUT2D eigenvalue weighted by molar-refractivity contribution is 0.102. The van der Waals surface area contributed by atoms with Crippen LogP contribution in [-0.4, -0.2) is 50.9 Å². The Bertz CT molecular complexity index is 763. The molecule has 1 aromatic carbocycles. The van der Waals surface area contributed by atoms with E-state index in [1.807, 2.05) is 11.0 Å². The molecule has 1 aliphatic rings. The van der Waals surface area contributed by atoms with E-state index in [1.54, 1.807) is 25.4 Å². The number of halogens is 1. The number of morpholine rings is 1. The average molecular weight is 359 g/mol. The van der Waals surface area contributed by atoms with Crippen LogP contribution >= 0.6 is 0 Å². The molecule has 1 amide bonds. The Morgan fingerprint density at radius 3 is 2.88 bits per heavy atom. The molecule has 0 aliphatic carbocycles. The van der Waals surface area contributed by atoms with Gasteiger partial charge in [0, 0.05) is 37.6 Å². The number of hydrogen-bond donors (Lipinski definition) is 1. The first-order valence-electron chi connectivity index (χ1n) is 8.54. The molecule has 0 atom stereocenters. The highest BCUT2D eigenvalue weighted by Crippen LogP contribution is 2.21. The predicted molar refractivity (Wildman–Crippen MR) is 97.2 cm³/mol. The molecular formula is C19H22FN3O3. The van der Waals surface area contributed by atoms with E-state index >= 15 is 0 Å². The summed E-state index contributed by atoms with van der Waals surface area (Å²) in [4.78, 5) is 18.7. The largest absolute Gasteiger partial charge is 0.384 e. The summed E-state index contributed by atoms with van der Waals surface area (Å²) in [7, 11) is 1.64. The maximum Gasteiger partial charge on any atom is 0.256 e. The van der Waals surface area contributed by atoms with E-state index in [1.165, 1.54) is 12.1 Å². The van der Waals surface area contributed by atoms with Gasteiger partial charge in [0.1, 0.15) is 11.6 Å². The van der Waals surface area contributed by atoms with E-state index in [2.05, 4.69) is 10.3 Å². The van der Waals surface area contributed by atoms with E-state index in [0.29, 0.717) is 44.4 Å². The molecule has 2 aromatic rings. The number of ether oxygens (including phenoxy) is 2. The molecule has 0 unspecified atom stereocenters. The van der Waals surface area contributed by atoms with Crippen LogP contribution in [-0.2, 0) is 15.9 Å². The SMILES string of the molecule is COCCc1ccnc(NC(=O)c2cc(F)cc(N3CCOCC3)c2)c1. The van der Waals surface area contributed by atoms with Gasteiger partial charge in [-0.15, -0.1) is 0 Å². The average Bonchev–Trinajstić information content (AvgIpc) is 2.67. The van der Waals surface area contributed by atoms with Crippen molar-refractivity contribution in [2.75, 3.05) is 50.2 Å². The van der Waals surface area contributed by atoms with Crippen molar-refractivity contribution in [2.45, 2.75) is 6.42 Å². The first-order valence-corrected chi connectivity index (χ1v) is 8.54. The van der Waals surface area contributed by atoms with Crippen LogP contribution in [0.25, 0.3) is 0 Å². The van der Waals surface area contributed by atoms with Gasteiger partial charge in [-0.25, -0.2) is 9.37 Å². The monoisotopic (exact) mass is 359 g/mol. The molecule has 1 fully saturated rings. The Morgan fingerprint density at radius 1 is 1.31 bits per heavy atom. The zero-order valence-corrected chi connectivity index (χ0v) is 14.7. The van der Waals surface area contributed by atoms with Gasteiger partial charge in [0.05, 0.1) is 19.8 Å². The van der Waals surface area contributed by atoms with Gasteiger partial charge >= 0.3 is 0 Å². The molecule has 26 heavy (non-hydrogen) atoms. The number of pyridine rings is 1. The molecule has 1 saturated heterocycles. The molecule has 7 heteroatoms. The quantitative estimate of drug-likeness (QED) is 0.859. The summed E-state index contributed by atoms with van der Waals surface area (Å²) in [5.41, 5.74) is 1.95. The molecule has 6 nitrogen and oxygen atoms in total. The normalized spacial score (nSPS) is 14.3. The molecule has 1 aliphatic heterocycles. The number of carbonyl (C=O) groups excluding carboxylic acids is 1. The van der Waals surface area contributed by atoms with Crippen LogP contribution in [0.1, 0.15) is 15.9 Å². The second-order valence-corrected chi connectivity index (χ2v) is 6.04. The third kappa shape index (κ3) is 4.77. The summed E-state index contributed by atoms with van der Waals surface area (Å²) in [5, 5.41) is 2.73. The van der Waals surface area contributed by atoms with Crippen molar-refractivity contribution in [1.82, 2.24) is 4.98 Å². The molecule has 0 radical (unpaired) electrons. The molecule has 0 bridgehead atoms. The smallest absolute Gasteiger partial charge is 0.256 e. The Morgan fingerprint density at radius 2 is 2.12 bits per heavy atom. The maximum absolute atomic E-state index is 14.0. The number of anilines is 2. The van der Waals surface area contributed by atoms with Crippen LogP contribution in [0, 0.1) is 5.82 Å². The molecule has 1 N–H and O–H groups in total. The highest BCUT2D eigenvalue weighted by Gasteiger charge is 2.16. The van der Waals surface area contributed by atoms with Crippen molar-refractivity contribution in [3.05, 3.63) is 53.5 Å². The van der Waals surface area contributed by atoms with Crippen molar-refractivity contribution >= 4 is 17.4 Å². The van der Waals surface area contributed by atoms with Gasteiger partial charge in [0.25, 0.3) is 5.91 Å². The van der Waals surface area contributed by atoms with Crippen molar-refractivity contribution in [3.8, 4) is 0 Å². The lowest BCUT2D eigenvalue weighted by atomic mass is 10.1. The van der Waals surface area contributed by atoms with Crippen LogP contribution < -0.4 is 10.2 Å². The van der Waals surface area contributed by atoms with Crippen LogP contribution in [0.15, 0.2) is 36.5 Å². The Balaban J connectivity index is 1.74. The Labute approximate surface area is 151 Å². The molecule has 2 heterocycles. The maximum atomic E-state index is 14.0. The first-order chi connectivity index (χ1) is 12.7. The Kier molecular flexibility index (Phi) is 6.14. The van der Waals surface area contributed by atoms with E-state index < -0.39 is 11.7 Å². The standard InChI is InChI=1S/C19H22FN3O3/c1-25-7-3-14-2-4-21-18(10-14)22-19(24)15-11-16(20)13-17(12-15)23-5-8-26-9-6-23/h2,4,10-13H,3,5-9H2,1H3,(H,21,22,24). The summed E-state index contributed by atoms with van der Waals surface area (Å²) in [5.74, 6) is -0.405. The molecule has 1 aromatic heterocycles. The van der Waals surface area contributed by atoms with Gasteiger partial charge in [-0.1, -0.05) is 0 Å². The fourth-order valence-electron chi connectivity index (χ4n) is 2.82. The third-order valence-corrected chi connectivity index (χ3v) is 4.18. The minimum Gasteiger partial charge on any atom is -0.384 e. The van der Waals surface area contributed by atoms with Crippen LogP contribution in [0.4, 0.5) is 15.9 Å². The molecule has 0 saturated carbocycles. The van der Waals surface area contributed by atoms with E-state index in [4.69, 9.17) is 9.47 Å². The zero-order valence-electron chi connectivity index (χ0n) is 14.7. The van der Waals surface area contributed by atoms with E-state index in [0.717, 1.165) is 12.0 Å². The fourth-order valence-corrected chi connectivity index (χ4v) is 2.82. The molecular weight excluding hydrogens is 337 g/mol. The highest BCUT2D eigenvalue weighted by atomic mass is 19.1. The summed E-state index contributed by atoms with van der Waals surface area (Å²) in [6, 6.07) is 8.02. The van der Waals surface area contributed by atoms with Crippen LogP contribution in [0.5, 0.6) is 0 Å². The number of rotatable bonds is 6. The second kappa shape index (κ2) is 8.73. The van der Waals surface area contributed by atoms with Gasteiger partial charge in [-0.05, 0) is 42.3 Å².